The minimum atomic E-state index is -3.83. The fourth-order valence-corrected chi connectivity index (χ4v) is 4.58. The van der Waals surface area contributed by atoms with Crippen molar-refractivity contribution in [1.82, 2.24) is 10.2 Å². The average molecular weight is 379 g/mol. The zero-order chi connectivity index (χ0) is 18.5. The van der Waals surface area contributed by atoms with Gasteiger partial charge in [0.2, 0.25) is 10.0 Å². The SMILES string of the molecule is Cc1ccc(S(N)(=O)=O)cc1C(=O)N[C@@H]1C[C@H]2CO[C@H](C3CC3)CN2C1. The van der Waals surface area contributed by atoms with Crippen LogP contribution < -0.4 is 10.5 Å². The van der Waals surface area contributed by atoms with Gasteiger partial charge in [-0.25, -0.2) is 13.6 Å². The van der Waals surface area contributed by atoms with Crippen LogP contribution in [-0.4, -0.2) is 57.1 Å². The number of primary sulfonamides is 1. The molecule has 8 heteroatoms. The van der Waals surface area contributed by atoms with Crippen molar-refractivity contribution in [3.63, 3.8) is 0 Å². The second-order valence-corrected chi connectivity index (χ2v) is 9.31. The molecule has 0 bridgehead atoms. The molecule has 1 aromatic carbocycles. The first-order chi connectivity index (χ1) is 12.3. The number of morpholine rings is 1. The molecular formula is C18H25N3O4S. The van der Waals surface area contributed by atoms with Crippen LogP contribution in [0.3, 0.4) is 0 Å². The molecule has 0 unspecified atom stereocenters. The highest BCUT2D eigenvalue weighted by Gasteiger charge is 2.42. The molecule has 2 heterocycles. The van der Waals surface area contributed by atoms with Crippen molar-refractivity contribution in [2.75, 3.05) is 19.7 Å². The van der Waals surface area contributed by atoms with E-state index in [-0.39, 0.29) is 16.8 Å². The van der Waals surface area contributed by atoms with Crippen molar-refractivity contribution in [2.45, 2.75) is 49.3 Å². The molecule has 1 amide bonds. The van der Waals surface area contributed by atoms with Gasteiger partial charge in [0.25, 0.3) is 5.91 Å². The first-order valence-corrected chi connectivity index (χ1v) is 10.7. The fraction of sp³-hybridized carbons (Fsp3) is 0.611. The van der Waals surface area contributed by atoms with Gasteiger partial charge in [0.05, 0.1) is 17.6 Å². The highest BCUT2D eigenvalue weighted by Crippen LogP contribution is 2.37. The molecule has 0 aromatic heterocycles. The monoisotopic (exact) mass is 379 g/mol. The summed E-state index contributed by atoms with van der Waals surface area (Å²) in [5, 5.41) is 8.24. The van der Waals surface area contributed by atoms with Gasteiger partial charge in [-0.2, -0.15) is 0 Å². The van der Waals surface area contributed by atoms with Crippen LogP contribution in [0.1, 0.15) is 35.2 Å². The lowest BCUT2D eigenvalue weighted by Gasteiger charge is -2.35. The van der Waals surface area contributed by atoms with E-state index in [2.05, 4.69) is 10.2 Å². The maximum absolute atomic E-state index is 12.7. The molecule has 3 atom stereocenters. The van der Waals surface area contributed by atoms with Gasteiger partial charge >= 0.3 is 0 Å². The lowest BCUT2D eigenvalue weighted by atomic mass is 10.1. The lowest BCUT2D eigenvalue weighted by Crippen LogP contribution is -2.47. The minimum Gasteiger partial charge on any atom is -0.375 e. The first kappa shape index (κ1) is 17.9. The van der Waals surface area contributed by atoms with E-state index in [1.807, 2.05) is 0 Å². The van der Waals surface area contributed by atoms with E-state index < -0.39 is 10.0 Å². The number of ether oxygens (including phenoxy) is 1. The van der Waals surface area contributed by atoms with Crippen molar-refractivity contribution >= 4 is 15.9 Å². The molecule has 0 spiro atoms. The molecule has 3 fully saturated rings. The Balaban J connectivity index is 1.43. The number of sulfonamides is 1. The Bertz CT molecular complexity index is 822. The Labute approximate surface area is 153 Å². The summed E-state index contributed by atoms with van der Waals surface area (Å²) in [5.74, 6) is 0.464. The van der Waals surface area contributed by atoms with Crippen molar-refractivity contribution in [1.29, 1.82) is 0 Å². The first-order valence-electron chi connectivity index (χ1n) is 9.11. The van der Waals surface area contributed by atoms with Gasteiger partial charge in [-0.3, -0.25) is 9.69 Å². The van der Waals surface area contributed by atoms with Gasteiger partial charge in [0, 0.05) is 30.7 Å². The van der Waals surface area contributed by atoms with E-state index in [1.54, 1.807) is 13.0 Å². The molecule has 142 valence electrons. The number of nitrogens with two attached hydrogens (primary N) is 1. The summed E-state index contributed by atoms with van der Waals surface area (Å²) in [6.45, 7) is 4.28. The van der Waals surface area contributed by atoms with Crippen molar-refractivity contribution in [3.05, 3.63) is 29.3 Å². The number of rotatable bonds is 4. The average Bonchev–Trinajstić information content (AvgIpc) is 3.34. The Hall–Kier alpha value is -1.48. The summed E-state index contributed by atoms with van der Waals surface area (Å²) in [7, 11) is -3.83. The Kier molecular flexibility index (Phi) is 4.54. The quantitative estimate of drug-likeness (QED) is 0.799. The summed E-state index contributed by atoms with van der Waals surface area (Å²) in [6, 6.07) is 4.79. The number of amides is 1. The van der Waals surface area contributed by atoms with Crippen LogP contribution in [0.25, 0.3) is 0 Å². The molecular weight excluding hydrogens is 354 g/mol. The largest absolute Gasteiger partial charge is 0.375 e. The highest BCUT2D eigenvalue weighted by molar-refractivity contribution is 7.89. The van der Waals surface area contributed by atoms with E-state index >= 15 is 0 Å². The highest BCUT2D eigenvalue weighted by atomic mass is 32.2. The summed E-state index contributed by atoms with van der Waals surface area (Å²) < 4.78 is 29.1. The Morgan fingerprint density at radius 3 is 2.77 bits per heavy atom. The molecule has 2 saturated heterocycles. The van der Waals surface area contributed by atoms with Gasteiger partial charge in [-0.1, -0.05) is 6.07 Å². The van der Waals surface area contributed by atoms with E-state index in [0.717, 1.165) is 31.7 Å². The van der Waals surface area contributed by atoms with E-state index in [0.29, 0.717) is 23.6 Å². The maximum atomic E-state index is 12.7. The van der Waals surface area contributed by atoms with E-state index in [4.69, 9.17) is 9.88 Å². The summed E-state index contributed by atoms with van der Waals surface area (Å²) in [5.41, 5.74) is 1.08. The smallest absolute Gasteiger partial charge is 0.251 e. The number of hydrogen-bond donors (Lipinski definition) is 2. The molecule has 1 aliphatic carbocycles. The summed E-state index contributed by atoms with van der Waals surface area (Å²) >= 11 is 0. The standard InChI is InChI=1S/C18H25N3O4S/c1-11-2-5-15(26(19,23)24)7-16(11)18(22)20-13-6-14-10-25-17(12-3-4-12)9-21(14)8-13/h2,5,7,12-14,17H,3-4,6,8-10H2,1H3,(H,20,22)(H2,19,23,24)/t13-,14+,17+/m1/s1. The molecule has 2 aliphatic heterocycles. The van der Waals surface area contributed by atoms with Crippen LogP contribution in [0.5, 0.6) is 0 Å². The van der Waals surface area contributed by atoms with Crippen LogP contribution in [0, 0.1) is 12.8 Å². The predicted octanol–water partition coefficient (Wildman–Crippen LogP) is 0.624. The third-order valence-electron chi connectivity index (χ3n) is 5.71. The van der Waals surface area contributed by atoms with Crippen LogP contribution >= 0.6 is 0 Å². The predicted molar refractivity (Wildman–Crippen MR) is 96.2 cm³/mol. The van der Waals surface area contributed by atoms with E-state index in [1.165, 1.54) is 25.0 Å². The summed E-state index contributed by atoms with van der Waals surface area (Å²) in [4.78, 5) is 15.1. The van der Waals surface area contributed by atoms with Crippen LogP contribution in [-0.2, 0) is 14.8 Å². The fourth-order valence-electron chi connectivity index (χ4n) is 4.04. The molecule has 3 aliphatic rings. The van der Waals surface area contributed by atoms with Gasteiger partial charge in [0.1, 0.15) is 0 Å². The third kappa shape index (κ3) is 3.64. The van der Waals surface area contributed by atoms with Gasteiger partial charge in [0.15, 0.2) is 0 Å². The number of aryl methyl sites for hydroxylation is 1. The molecule has 0 radical (unpaired) electrons. The second-order valence-electron chi connectivity index (χ2n) is 7.74. The minimum absolute atomic E-state index is 0.0437. The van der Waals surface area contributed by atoms with Gasteiger partial charge in [-0.05, 0) is 49.8 Å². The Morgan fingerprint density at radius 2 is 2.08 bits per heavy atom. The number of hydrogen-bond acceptors (Lipinski definition) is 5. The number of carbonyl (C=O) groups is 1. The normalized spacial score (nSPS) is 29.4. The topological polar surface area (TPSA) is 102 Å². The van der Waals surface area contributed by atoms with E-state index in [9.17, 15) is 13.2 Å². The number of nitrogens with one attached hydrogen (secondary N) is 1. The Morgan fingerprint density at radius 1 is 1.31 bits per heavy atom. The zero-order valence-electron chi connectivity index (χ0n) is 14.8. The van der Waals surface area contributed by atoms with Crippen molar-refractivity contribution in [3.8, 4) is 0 Å². The third-order valence-corrected chi connectivity index (χ3v) is 6.62. The molecule has 7 nitrogen and oxygen atoms in total. The zero-order valence-corrected chi connectivity index (χ0v) is 15.7. The van der Waals surface area contributed by atoms with Crippen molar-refractivity contribution in [2.24, 2.45) is 11.1 Å². The molecule has 1 saturated carbocycles. The van der Waals surface area contributed by atoms with Crippen LogP contribution in [0.2, 0.25) is 0 Å². The van der Waals surface area contributed by atoms with Crippen LogP contribution in [0.15, 0.2) is 23.1 Å². The second kappa shape index (κ2) is 6.60. The number of nitrogens with zero attached hydrogens (tertiary/aromatic N) is 1. The van der Waals surface area contributed by atoms with Gasteiger partial charge < -0.3 is 10.1 Å². The maximum Gasteiger partial charge on any atom is 0.251 e. The summed E-state index contributed by atoms with van der Waals surface area (Å²) in [6.07, 6.45) is 3.73. The number of fused-ring (bicyclic) bond motifs is 1. The van der Waals surface area contributed by atoms with Crippen molar-refractivity contribution < 1.29 is 17.9 Å². The lowest BCUT2D eigenvalue weighted by molar-refractivity contribution is -0.0581. The molecule has 1 aromatic rings. The van der Waals surface area contributed by atoms with Crippen LogP contribution in [0.4, 0.5) is 0 Å². The van der Waals surface area contributed by atoms with Gasteiger partial charge in [-0.15, -0.1) is 0 Å². The number of benzene rings is 1. The molecule has 26 heavy (non-hydrogen) atoms. The number of carbonyl (C=O) groups excluding carboxylic acids is 1. The molecule has 3 N–H and O–H groups in total. The molecule has 4 rings (SSSR count).